The SMILES string of the molecule is Cc1ccc(N(C(=O)CNC(=O)c2ccco2)[C@@H](C(=O)NC2CCCCC2)c2ccco2)cc1F. The molecule has 0 radical (unpaired) electrons. The van der Waals surface area contributed by atoms with Gasteiger partial charge < -0.3 is 19.5 Å². The minimum absolute atomic E-state index is 0.0147. The Labute approximate surface area is 202 Å². The van der Waals surface area contributed by atoms with Crippen LogP contribution in [0.3, 0.4) is 0 Å². The van der Waals surface area contributed by atoms with E-state index in [0.717, 1.165) is 32.1 Å². The van der Waals surface area contributed by atoms with Crippen LogP contribution in [0, 0.1) is 12.7 Å². The Morgan fingerprint density at radius 2 is 1.80 bits per heavy atom. The first-order valence-electron chi connectivity index (χ1n) is 11.7. The number of nitrogens with one attached hydrogen (secondary N) is 2. The molecule has 35 heavy (non-hydrogen) atoms. The molecule has 1 saturated carbocycles. The number of aryl methyl sites for hydroxylation is 1. The molecule has 3 aromatic rings. The van der Waals surface area contributed by atoms with Crippen LogP contribution in [0.4, 0.5) is 10.1 Å². The molecular formula is C26H28FN3O5. The first-order chi connectivity index (χ1) is 16.9. The van der Waals surface area contributed by atoms with E-state index < -0.39 is 36.1 Å². The molecule has 0 spiro atoms. The van der Waals surface area contributed by atoms with E-state index in [1.54, 1.807) is 31.2 Å². The lowest BCUT2D eigenvalue weighted by molar-refractivity contribution is -0.127. The van der Waals surface area contributed by atoms with Crippen molar-refractivity contribution in [3.05, 3.63) is 77.9 Å². The molecule has 1 aliphatic rings. The predicted octanol–water partition coefficient (Wildman–Crippen LogP) is 4.27. The van der Waals surface area contributed by atoms with Crippen molar-refractivity contribution in [3.63, 3.8) is 0 Å². The van der Waals surface area contributed by atoms with E-state index in [9.17, 15) is 18.8 Å². The van der Waals surface area contributed by atoms with E-state index in [0.29, 0.717) is 5.56 Å². The zero-order valence-electron chi connectivity index (χ0n) is 19.5. The van der Waals surface area contributed by atoms with Gasteiger partial charge in [-0.15, -0.1) is 0 Å². The first kappa shape index (κ1) is 24.3. The van der Waals surface area contributed by atoms with Gasteiger partial charge in [-0.1, -0.05) is 25.3 Å². The van der Waals surface area contributed by atoms with Gasteiger partial charge in [-0.25, -0.2) is 4.39 Å². The van der Waals surface area contributed by atoms with Crippen LogP contribution in [-0.4, -0.2) is 30.3 Å². The number of carbonyl (C=O) groups is 3. The normalized spacial score (nSPS) is 14.8. The highest BCUT2D eigenvalue weighted by Crippen LogP contribution is 2.30. The summed E-state index contributed by atoms with van der Waals surface area (Å²) in [5.74, 6) is -1.88. The molecule has 1 atom stereocenters. The lowest BCUT2D eigenvalue weighted by Crippen LogP contribution is -2.49. The number of anilines is 1. The number of rotatable bonds is 8. The maximum absolute atomic E-state index is 14.5. The van der Waals surface area contributed by atoms with E-state index in [1.165, 1.54) is 35.6 Å². The van der Waals surface area contributed by atoms with Crippen molar-refractivity contribution in [2.75, 3.05) is 11.4 Å². The second-order valence-corrected chi connectivity index (χ2v) is 8.62. The third kappa shape index (κ3) is 5.79. The lowest BCUT2D eigenvalue weighted by atomic mass is 9.95. The zero-order valence-corrected chi connectivity index (χ0v) is 19.5. The predicted molar refractivity (Wildman–Crippen MR) is 126 cm³/mol. The van der Waals surface area contributed by atoms with Gasteiger partial charge in [0.15, 0.2) is 11.8 Å². The molecule has 2 aromatic heterocycles. The molecule has 4 rings (SSSR count). The van der Waals surface area contributed by atoms with E-state index >= 15 is 0 Å². The Hall–Kier alpha value is -3.88. The standard InChI is InChI=1S/C26H28FN3O5/c1-17-11-12-19(15-20(17)27)30(23(31)16-28-25(32)22-10-6-14-35-22)24(21-9-5-13-34-21)26(33)29-18-7-3-2-4-8-18/h5-6,9-15,18,24H,2-4,7-8,16H2,1H3,(H,28,32)(H,29,33)/t24-/m1/s1. The zero-order chi connectivity index (χ0) is 24.8. The smallest absolute Gasteiger partial charge is 0.287 e. The van der Waals surface area contributed by atoms with Gasteiger partial charge in [0.2, 0.25) is 5.91 Å². The first-order valence-corrected chi connectivity index (χ1v) is 11.7. The number of amides is 3. The number of hydrogen-bond acceptors (Lipinski definition) is 5. The van der Waals surface area contributed by atoms with E-state index in [-0.39, 0.29) is 23.2 Å². The third-order valence-corrected chi connectivity index (χ3v) is 6.12. The maximum atomic E-state index is 14.5. The topological polar surface area (TPSA) is 105 Å². The van der Waals surface area contributed by atoms with Gasteiger partial charge in [0, 0.05) is 11.7 Å². The number of furan rings is 2. The summed E-state index contributed by atoms with van der Waals surface area (Å²) in [5.41, 5.74) is 0.569. The second-order valence-electron chi connectivity index (χ2n) is 8.62. The van der Waals surface area contributed by atoms with Crippen molar-refractivity contribution >= 4 is 23.4 Å². The molecule has 0 bridgehead atoms. The maximum Gasteiger partial charge on any atom is 0.287 e. The average molecular weight is 482 g/mol. The quantitative estimate of drug-likeness (QED) is 0.500. The highest BCUT2D eigenvalue weighted by molar-refractivity contribution is 6.04. The van der Waals surface area contributed by atoms with Crippen LogP contribution in [0.15, 0.2) is 63.8 Å². The summed E-state index contributed by atoms with van der Waals surface area (Å²) >= 11 is 0. The Bertz CT molecular complexity index is 1150. The van der Waals surface area contributed by atoms with E-state index in [2.05, 4.69) is 10.6 Å². The monoisotopic (exact) mass is 481 g/mol. The van der Waals surface area contributed by atoms with Crippen molar-refractivity contribution < 1.29 is 27.6 Å². The fourth-order valence-electron chi connectivity index (χ4n) is 4.25. The Balaban J connectivity index is 1.65. The van der Waals surface area contributed by atoms with Crippen LogP contribution < -0.4 is 15.5 Å². The van der Waals surface area contributed by atoms with Crippen LogP contribution in [0.1, 0.15) is 60.0 Å². The van der Waals surface area contributed by atoms with Crippen molar-refractivity contribution in [2.24, 2.45) is 0 Å². The van der Waals surface area contributed by atoms with Gasteiger partial charge in [0.05, 0.1) is 19.1 Å². The van der Waals surface area contributed by atoms with Gasteiger partial charge in [0.1, 0.15) is 11.6 Å². The van der Waals surface area contributed by atoms with Crippen LogP contribution in [0.25, 0.3) is 0 Å². The molecule has 9 heteroatoms. The molecule has 0 saturated heterocycles. The Morgan fingerprint density at radius 3 is 2.46 bits per heavy atom. The van der Waals surface area contributed by atoms with Crippen LogP contribution in [0.5, 0.6) is 0 Å². The van der Waals surface area contributed by atoms with Crippen molar-refractivity contribution in [1.29, 1.82) is 0 Å². The lowest BCUT2D eigenvalue weighted by Gasteiger charge is -2.32. The summed E-state index contributed by atoms with van der Waals surface area (Å²) in [6, 6.07) is 9.33. The van der Waals surface area contributed by atoms with Crippen LogP contribution >= 0.6 is 0 Å². The Morgan fingerprint density at radius 1 is 1.06 bits per heavy atom. The van der Waals surface area contributed by atoms with E-state index in [1.807, 2.05) is 0 Å². The highest BCUT2D eigenvalue weighted by Gasteiger charge is 2.36. The summed E-state index contributed by atoms with van der Waals surface area (Å²) in [5, 5.41) is 5.54. The molecular weight excluding hydrogens is 453 g/mol. The van der Waals surface area contributed by atoms with E-state index in [4.69, 9.17) is 8.83 Å². The van der Waals surface area contributed by atoms with Gasteiger partial charge in [-0.2, -0.15) is 0 Å². The van der Waals surface area contributed by atoms with Gasteiger partial charge in [0.25, 0.3) is 11.8 Å². The highest BCUT2D eigenvalue weighted by atomic mass is 19.1. The molecule has 1 fully saturated rings. The number of hydrogen-bond donors (Lipinski definition) is 2. The molecule has 3 amide bonds. The van der Waals surface area contributed by atoms with Gasteiger partial charge >= 0.3 is 0 Å². The second kappa shape index (κ2) is 11.0. The molecule has 1 aromatic carbocycles. The largest absolute Gasteiger partial charge is 0.467 e. The molecule has 0 unspecified atom stereocenters. The molecule has 8 nitrogen and oxygen atoms in total. The van der Waals surface area contributed by atoms with Crippen LogP contribution in [0.2, 0.25) is 0 Å². The summed E-state index contributed by atoms with van der Waals surface area (Å²) in [6.07, 6.45) is 7.61. The number of benzene rings is 1. The molecule has 0 aliphatic heterocycles. The molecule has 1 aliphatic carbocycles. The van der Waals surface area contributed by atoms with Crippen molar-refractivity contribution in [3.8, 4) is 0 Å². The Kier molecular flexibility index (Phi) is 7.64. The molecule has 2 N–H and O–H groups in total. The van der Waals surface area contributed by atoms with Crippen LogP contribution in [-0.2, 0) is 9.59 Å². The number of halogens is 1. The minimum atomic E-state index is -1.19. The summed E-state index contributed by atoms with van der Waals surface area (Å²) in [7, 11) is 0. The number of nitrogens with zero attached hydrogens (tertiary/aromatic N) is 1. The van der Waals surface area contributed by atoms with Gasteiger partial charge in [-0.05, 0) is 61.7 Å². The van der Waals surface area contributed by atoms with Crippen molar-refractivity contribution in [1.82, 2.24) is 10.6 Å². The summed E-state index contributed by atoms with van der Waals surface area (Å²) in [4.78, 5) is 40.5. The fourth-order valence-corrected chi connectivity index (χ4v) is 4.25. The third-order valence-electron chi connectivity index (χ3n) is 6.12. The minimum Gasteiger partial charge on any atom is -0.467 e. The fraction of sp³-hybridized carbons (Fsp3) is 0.346. The molecule has 2 heterocycles. The average Bonchev–Trinajstić information content (AvgIpc) is 3.58. The molecule has 184 valence electrons. The van der Waals surface area contributed by atoms with Crippen molar-refractivity contribution in [2.45, 2.75) is 51.1 Å². The summed E-state index contributed by atoms with van der Waals surface area (Å²) < 4.78 is 25.1. The summed E-state index contributed by atoms with van der Waals surface area (Å²) in [6.45, 7) is 1.16. The number of carbonyl (C=O) groups excluding carboxylic acids is 3. The van der Waals surface area contributed by atoms with Gasteiger partial charge in [-0.3, -0.25) is 19.3 Å².